The third kappa shape index (κ3) is 5.84. The summed E-state index contributed by atoms with van der Waals surface area (Å²) >= 11 is 0. The first-order valence-electron chi connectivity index (χ1n) is 9.83. The van der Waals surface area contributed by atoms with Gasteiger partial charge in [-0.1, -0.05) is 30.3 Å². The lowest BCUT2D eigenvalue weighted by molar-refractivity contribution is -0.235. The SMILES string of the molecule is COC(=O)CN1CCOCC1(OCc1cc(C(F)(F)F)cc(C(F)(F)F)c1)c1ccccc1. The van der Waals surface area contributed by atoms with Crippen LogP contribution >= 0.6 is 0 Å². The van der Waals surface area contributed by atoms with E-state index in [0.717, 1.165) is 0 Å². The number of esters is 1. The van der Waals surface area contributed by atoms with Crippen LogP contribution in [-0.4, -0.2) is 44.3 Å². The third-order valence-electron chi connectivity index (χ3n) is 5.21. The molecule has 1 aliphatic rings. The fourth-order valence-electron chi connectivity index (χ4n) is 3.57. The van der Waals surface area contributed by atoms with Crippen molar-refractivity contribution in [3.8, 4) is 0 Å². The Morgan fingerprint density at radius 2 is 1.64 bits per heavy atom. The van der Waals surface area contributed by atoms with Gasteiger partial charge in [-0.05, 0) is 23.8 Å². The van der Waals surface area contributed by atoms with Crippen molar-refractivity contribution in [3.05, 3.63) is 70.8 Å². The van der Waals surface area contributed by atoms with Gasteiger partial charge in [-0.2, -0.15) is 26.3 Å². The maximum atomic E-state index is 13.2. The molecule has 1 atom stereocenters. The fourth-order valence-corrected chi connectivity index (χ4v) is 3.57. The van der Waals surface area contributed by atoms with Gasteiger partial charge in [0.05, 0.1) is 44.6 Å². The number of methoxy groups -OCH3 is 1. The van der Waals surface area contributed by atoms with Crippen molar-refractivity contribution in [3.63, 3.8) is 0 Å². The second-order valence-electron chi connectivity index (χ2n) is 7.40. The molecule has 11 heteroatoms. The second kappa shape index (κ2) is 9.70. The highest BCUT2D eigenvalue weighted by Crippen LogP contribution is 2.38. The van der Waals surface area contributed by atoms with E-state index in [0.29, 0.717) is 17.7 Å². The van der Waals surface area contributed by atoms with Crippen LogP contribution in [0.3, 0.4) is 0 Å². The molecule has 2 aromatic carbocycles. The zero-order chi connectivity index (χ0) is 24.3. The van der Waals surface area contributed by atoms with Gasteiger partial charge in [-0.25, -0.2) is 0 Å². The monoisotopic (exact) mass is 477 g/mol. The van der Waals surface area contributed by atoms with Crippen LogP contribution < -0.4 is 0 Å². The topological polar surface area (TPSA) is 48.0 Å². The second-order valence-corrected chi connectivity index (χ2v) is 7.40. The number of alkyl halides is 6. The van der Waals surface area contributed by atoms with Gasteiger partial charge in [0.2, 0.25) is 0 Å². The predicted octanol–water partition coefficient (Wildman–Crippen LogP) is 4.60. The molecule has 0 spiro atoms. The summed E-state index contributed by atoms with van der Waals surface area (Å²) < 4.78 is 95.6. The summed E-state index contributed by atoms with van der Waals surface area (Å²) in [7, 11) is 1.20. The maximum Gasteiger partial charge on any atom is 0.416 e. The number of rotatable bonds is 6. The molecule has 1 aliphatic heterocycles. The van der Waals surface area contributed by atoms with Crippen molar-refractivity contribution in [2.75, 3.05) is 33.4 Å². The molecule has 33 heavy (non-hydrogen) atoms. The Balaban J connectivity index is 2.00. The lowest BCUT2D eigenvalue weighted by Crippen LogP contribution is -2.57. The minimum Gasteiger partial charge on any atom is -0.468 e. The Morgan fingerprint density at radius 3 is 2.18 bits per heavy atom. The number of carbonyl (C=O) groups is 1. The summed E-state index contributed by atoms with van der Waals surface area (Å²) in [6.07, 6.45) is -9.95. The number of halogens is 6. The third-order valence-corrected chi connectivity index (χ3v) is 5.21. The van der Waals surface area contributed by atoms with Gasteiger partial charge >= 0.3 is 18.3 Å². The number of nitrogens with zero attached hydrogens (tertiary/aromatic N) is 1. The molecule has 2 aromatic rings. The van der Waals surface area contributed by atoms with Gasteiger partial charge in [0.1, 0.15) is 0 Å². The molecular weight excluding hydrogens is 456 g/mol. The van der Waals surface area contributed by atoms with Gasteiger partial charge in [0, 0.05) is 12.1 Å². The van der Waals surface area contributed by atoms with Crippen LogP contribution in [-0.2, 0) is 43.7 Å². The fraction of sp³-hybridized carbons (Fsp3) is 0.409. The van der Waals surface area contributed by atoms with Gasteiger partial charge in [0.25, 0.3) is 0 Å². The van der Waals surface area contributed by atoms with Crippen LogP contribution in [0.15, 0.2) is 48.5 Å². The number of benzene rings is 2. The molecular formula is C22H21F6NO4. The molecule has 0 radical (unpaired) electrons. The molecule has 5 nitrogen and oxygen atoms in total. The van der Waals surface area contributed by atoms with Gasteiger partial charge in [0.15, 0.2) is 5.72 Å². The minimum atomic E-state index is -4.97. The molecule has 0 N–H and O–H groups in total. The van der Waals surface area contributed by atoms with Crippen LogP contribution in [0, 0.1) is 0 Å². The van der Waals surface area contributed by atoms with E-state index < -0.39 is 41.8 Å². The van der Waals surface area contributed by atoms with E-state index in [1.54, 1.807) is 35.2 Å². The molecule has 1 saturated heterocycles. The molecule has 1 heterocycles. The average Bonchev–Trinajstić information content (AvgIpc) is 2.77. The molecule has 3 rings (SSSR count). The van der Waals surface area contributed by atoms with E-state index in [2.05, 4.69) is 0 Å². The highest BCUT2D eigenvalue weighted by molar-refractivity contribution is 5.71. The Labute approximate surface area is 185 Å². The molecule has 1 unspecified atom stereocenters. The van der Waals surface area contributed by atoms with Crippen molar-refractivity contribution < 1.29 is 45.3 Å². The van der Waals surface area contributed by atoms with Crippen LogP contribution in [0.1, 0.15) is 22.3 Å². The van der Waals surface area contributed by atoms with Crippen LogP contribution in [0.5, 0.6) is 0 Å². The van der Waals surface area contributed by atoms with E-state index in [-0.39, 0.29) is 37.9 Å². The molecule has 0 saturated carbocycles. The minimum absolute atomic E-state index is 0.0593. The van der Waals surface area contributed by atoms with E-state index in [1.807, 2.05) is 0 Å². The Kier molecular flexibility index (Phi) is 7.35. The largest absolute Gasteiger partial charge is 0.468 e. The van der Waals surface area contributed by atoms with E-state index in [1.165, 1.54) is 7.11 Å². The summed E-state index contributed by atoms with van der Waals surface area (Å²) in [5, 5.41) is 0. The summed E-state index contributed by atoms with van der Waals surface area (Å²) in [5.74, 6) is -0.584. The maximum absolute atomic E-state index is 13.2. The number of morpholine rings is 1. The van der Waals surface area contributed by atoms with E-state index >= 15 is 0 Å². The predicted molar refractivity (Wildman–Crippen MR) is 104 cm³/mol. The van der Waals surface area contributed by atoms with E-state index in [4.69, 9.17) is 14.2 Å². The quantitative estimate of drug-likeness (QED) is 0.450. The smallest absolute Gasteiger partial charge is 0.416 e. The summed E-state index contributed by atoms with van der Waals surface area (Å²) in [4.78, 5) is 13.6. The Bertz CT molecular complexity index is 931. The number of ether oxygens (including phenoxy) is 3. The van der Waals surface area contributed by atoms with Crippen LogP contribution in [0.2, 0.25) is 0 Å². The van der Waals surface area contributed by atoms with Crippen LogP contribution in [0.25, 0.3) is 0 Å². The zero-order valence-corrected chi connectivity index (χ0v) is 17.5. The molecule has 0 aromatic heterocycles. The molecule has 1 fully saturated rings. The van der Waals surface area contributed by atoms with Crippen molar-refractivity contribution in [2.45, 2.75) is 24.7 Å². The Morgan fingerprint density at radius 1 is 1.03 bits per heavy atom. The molecule has 0 aliphatic carbocycles. The number of carbonyl (C=O) groups excluding carboxylic acids is 1. The normalized spacial score (nSPS) is 20.0. The zero-order valence-electron chi connectivity index (χ0n) is 17.5. The highest BCUT2D eigenvalue weighted by Gasteiger charge is 2.44. The lowest BCUT2D eigenvalue weighted by atomic mass is 9.99. The first-order chi connectivity index (χ1) is 15.5. The average molecular weight is 477 g/mol. The first kappa shape index (κ1) is 25.0. The number of hydrogen-bond donors (Lipinski definition) is 0. The van der Waals surface area contributed by atoms with Crippen molar-refractivity contribution >= 4 is 5.97 Å². The first-order valence-corrected chi connectivity index (χ1v) is 9.83. The number of hydrogen-bond acceptors (Lipinski definition) is 5. The molecule has 0 bridgehead atoms. The Hall–Kier alpha value is -2.63. The summed E-state index contributed by atoms with van der Waals surface area (Å²) in [6, 6.07) is 9.75. The standard InChI is InChI=1S/C22H21F6NO4/c1-31-19(30)12-29-7-8-32-14-20(29,16-5-3-2-4-6-16)33-13-15-9-17(21(23,24)25)11-18(10-15)22(26,27)28/h2-6,9-11H,7-8,12-14H2,1H3. The van der Waals surface area contributed by atoms with Crippen molar-refractivity contribution in [1.29, 1.82) is 0 Å². The summed E-state index contributed by atoms with van der Waals surface area (Å²) in [6.45, 7) is -0.440. The summed E-state index contributed by atoms with van der Waals surface area (Å²) in [5.41, 5.74) is -4.10. The van der Waals surface area contributed by atoms with Gasteiger partial charge < -0.3 is 14.2 Å². The molecule has 0 amide bonds. The van der Waals surface area contributed by atoms with Crippen molar-refractivity contribution in [1.82, 2.24) is 4.90 Å². The lowest BCUT2D eigenvalue weighted by Gasteiger charge is -2.46. The molecule has 180 valence electrons. The van der Waals surface area contributed by atoms with Crippen LogP contribution in [0.4, 0.5) is 26.3 Å². The van der Waals surface area contributed by atoms with Crippen molar-refractivity contribution in [2.24, 2.45) is 0 Å². The van der Waals surface area contributed by atoms with Gasteiger partial charge in [-0.3, -0.25) is 9.69 Å². The van der Waals surface area contributed by atoms with E-state index in [9.17, 15) is 31.1 Å². The highest BCUT2D eigenvalue weighted by atomic mass is 19.4. The van der Waals surface area contributed by atoms with Gasteiger partial charge in [-0.15, -0.1) is 0 Å².